The number of carbonyl (C=O) groups excluding carboxylic acids is 2. The molecule has 1 aliphatic heterocycles. The van der Waals surface area contributed by atoms with Gasteiger partial charge in [0.25, 0.3) is 5.91 Å². The summed E-state index contributed by atoms with van der Waals surface area (Å²) in [6, 6.07) is 5.55. The average molecular weight is 303 g/mol. The number of carbonyl (C=O) groups is 2. The topological polar surface area (TPSA) is 62.3 Å². The van der Waals surface area contributed by atoms with E-state index in [1.165, 1.54) is 0 Å². The molecule has 0 aliphatic carbocycles. The first-order chi connectivity index (χ1) is 10.7. The Kier molecular flexibility index (Phi) is 5.92. The van der Waals surface area contributed by atoms with Crippen LogP contribution in [0.1, 0.15) is 50.0 Å². The molecule has 1 aromatic heterocycles. The molecule has 1 aromatic rings. The first-order valence-corrected chi connectivity index (χ1v) is 8.16. The molecule has 2 amide bonds. The van der Waals surface area contributed by atoms with Gasteiger partial charge in [0.15, 0.2) is 0 Å². The minimum absolute atomic E-state index is 0.0228. The zero-order chi connectivity index (χ0) is 15.9. The monoisotopic (exact) mass is 303 g/mol. The number of amides is 2. The number of rotatable bonds is 5. The Balaban J connectivity index is 1.83. The summed E-state index contributed by atoms with van der Waals surface area (Å²) in [6.45, 7) is 5.43. The van der Waals surface area contributed by atoms with E-state index in [2.05, 4.69) is 10.3 Å². The van der Waals surface area contributed by atoms with Crippen molar-refractivity contribution in [2.45, 2.75) is 45.6 Å². The predicted molar refractivity (Wildman–Crippen MR) is 85.4 cm³/mol. The molecule has 120 valence electrons. The summed E-state index contributed by atoms with van der Waals surface area (Å²) in [6.07, 6.45) is 5.00. The van der Waals surface area contributed by atoms with Crippen LogP contribution in [0.3, 0.4) is 0 Å². The van der Waals surface area contributed by atoms with Crippen molar-refractivity contribution in [2.75, 3.05) is 13.1 Å². The summed E-state index contributed by atoms with van der Waals surface area (Å²) in [5, 5.41) is 3.13. The molecular weight excluding hydrogens is 278 g/mol. The van der Waals surface area contributed by atoms with Gasteiger partial charge in [-0.1, -0.05) is 19.9 Å². The smallest absolute Gasteiger partial charge is 0.272 e. The highest BCUT2D eigenvalue weighted by molar-refractivity contribution is 5.92. The number of likely N-dealkylation sites (tertiary alicyclic amines) is 1. The molecule has 1 saturated heterocycles. The number of aromatic nitrogens is 1. The second kappa shape index (κ2) is 7.92. The highest BCUT2D eigenvalue weighted by Gasteiger charge is 2.26. The quantitative estimate of drug-likeness (QED) is 0.907. The number of pyridine rings is 1. The minimum Gasteiger partial charge on any atom is -0.353 e. The van der Waals surface area contributed by atoms with Gasteiger partial charge in [0.1, 0.15) is 5.69 Å². The van der Waals surface area contributed by atoms with Crippen LogP contribution in [0.15, 0.2) is 24.4 Å². The fourth-order valence-electron chi connectivity index (χ4n) is 2.86. The summed E-state index contributed by atoms with van der Waals surface area (Å²) in [5.41, 5.74) is 0.488. The van der Waals surface area contributed by atoms with E-state index in [0.29, 0.717) is 18.8 Å². The Bertz CT molecular complexity index is 492. The van der Waals surface area contributed by atoms with E-state index in [4.69, 9.17) is 0 Å². The largest absolute Gasteiger partial charge is 0.353 e. The Morgan fingerprint density at radius 3 is 2.50 bits per heavy atom. The van der Waals surface area contributed by atoms with Crippen LogP contribution in [-0.4, -0.2) is 40.8 Å². The zero-order valence-corrected chi connectivity index (χ0v) is 13.4. The van der Waals surface area contributed by atoms with Gasteiger partial charge in [0.2, 0.25) is 5.91 Å². The third-order valence-corrected chi connectivity index (χ3v) is 4.37. The zero-order valence-electron chi connectivity index (χ0n) is 13.4. The van der Waals surface area contributed by atoms with Crippen LogP contribution in [0.4, 0.5) is 0 Å². The van der Waals surface area contributed by atoms with Gasteiger partial charge in [0, 0.05) is 31.2 Å². The van der Waals surface area contributed by atoms with Gasteiger partial charge in [-0.05, 0) is 37.8 Å². The molecule has 0 radical (unpaired) electrons. The van der Waals surface area contributed by atoms with E-state index in [1.54, 1.807) is 18.3 Å². The lowest BCUT2D eigenvalue weighted by Gasteiger charge is -2.32. The van der Waals surface area contributed by atoms with Crippen molar-refractivity contribution >= 4 is 11.8 Å². The van der Waals surface area contributed by atoms with E-state index in [9.17, 15) is 9.59 Å². The minimum atomic E-state index is -0.0228. The van der Waals surface area contributed by atoms with E-state index in [0.717, 1.165) is 25.7 Å². The number of nitrogens with zero attached hydrogens (tertiary/aromatic N) is 2. The standard InChI is InChI=1S/C17H25N3O2/c1-3-13(4-2)16(21)19-14-8-11-20(12-9-14)17(22)15-7-5-6-10-18-15/h5-7,10,13-14H,3-4,8-9,11-12H2,1-2H3,(H,19,21). The van der Waals surface area contributed by atoms with Gasteiger partial charge >= 0.3 is 0 Å². The van der Waals surface area contributed by atoms with Gasteiger partial charge in [0.05, 0.1) is 0 Å². The fraction of sp³-hybridized carbons (Fsp3) is 0.588. The molecule has 5 nitrogen and oxygen atoms in total. The van der Waals surface area contributed by atoms with Crippen molar-refractivity contribution in [3.63, 3.8) is 0 Å². The third-order valence-electron chi connectivity index (χ3n) is 4.37. The van der Waals surface area contributed by atoms with Gasteiger partial charge in [-0.2, -0.15) is 0 Å². The van der Waals surface area contributed by atoms with E-state index >= 15 is 0 Å². The molecule has 1 fully saturated rings. The highest BCUT2D eigenvalue weighted by Crippen LogP contribution is 2.15. The summed E-state index contributed by atoms with van der Waals surface area (Å²) in [7, 11) is 0. The Labute approximate surface area is 132 Å². The van der Waals surface area contributed by atoms with Crippen LogP contribution >= 0.6 is 0 Å². The molecular formula is C17H25N3O2. The van der Waals surface area contributed by atoms with Crippen molar-refractivity contribution in [1.29, 1.82) is 0 Å². The van der Waals surface area contributed by atoms with Crippen molar-refractivity contribution < 1.29 is 9.59 Å². The molecule has 1 N–H and O–H groups in total. The van der Waals surface area contributed by atoms with Crippen LogP contribution in [-0.2, 0) is 4.79 Å². The lowest BCUT2D eigenvalue weighted by Crippen LogP contribution is -2.47. The van der Waals surface area contributed by atoms with Crippen LogP contribution in [0.2, 0.25) is 0 Å². The van der Waals surface area contributed by atoms with Gasteiger partial charge in [-0.15, -0.1) is 0 Å². The molecule has 0 spiro atoms. The van der Waals surface area contributed by atoms with Crippen LogP contribution in [0, 0.1) is 5.92 Å². The van der Waals surface area contributed by atoms with Crippen molar-refractivity contribution in [3.05, 3.63) is 30.1 Å². The van der Waals surface area contributed by atoms with Crippen molar-refractivity contribution in [1.82, 2.24) is 15.2 Å². The molecule has 0 aromatic carbocycles. The number of hydrogen-bond donors (Lipinski definition) is 1. The molecule has 0 atom stereocenters. The Hall–Kier alpha value is -1.91. The van der Waals surface area contributed by atoms with E-state index in [1.807, 2.05) is 24.8 Å². The Morgan fingerprint density at radius 1 is 1.27 bits per heavy atom. The average Bonchev–Trinajstić information content (AvgIpc) is 2.57. The second-order valence-electron chi connectivity index (χ2n) is 5.80. The second-order valence-corrected chi connectivity index (χ2v) is 5.80. The van der Waals surface area contributed by atoms with Crippen LogP contribution in [0.5, 0.6) is 0 Å². The molecule has 0 saturated carbocycles. The van der Waals surface area contributed by atoms with Crippen molar-refractivity contribution in [2.24, 2.45) is 5.92 Å². The maximum atomic E-state index is 12.3. The fourth-order valence-corrected chi connectivity index (χ4v) is 2.86. The first-order valence-electron chi connectivity index (χ1n) is 8.16. The van der Waals surface area contributed by atoms with E-state index < -0.39 is 0 Å². The summed E-state index contributed by atoms with van der Waals surface area (Å²) < 4.78 is 0. The maximum Gasteiger partial charge on any atom is 0.272 e. The highest BCUT2D eigenvalue weighted by atomic mass is 16.2. The summed E-state index contributed by atoms with van der Waals surface area (Å²) in [5.74, 6) is 0.234. The molecule has 22 heavy (non-hydrogen) atoms. The molecule has 0 bridgehead atoms. The van der Waals surface area contributed by atoms with Crippen LogP contribution < -0.4 is 5.32 Å². The number of piperidine rings is 1. The van der Waals surface area contributed by atoms with E-state index in [-0.39, 0.29) is 23.8 Å². The molecule has 1 aliphatic rings. The summed E-state index contributed by atoms with van der Waals surface area (Å²) in [4.78, 5) is 30.3. The Morgan fingerprint density at radius 2 is 1.95 bits per heavy atom. The predicted octanol–water partition coefficient (Wildman–Crippen LogP) is 2.24. The number of hydrogen-bond acceptors (Lipinski definition) is 3. The van der Waals surface area contributed by atoms with Gasteiger partial charge in [-0.25, -0.2) is 0 Å². The normalized spacial score (nSPS) is 15.9. The molecule has 2 heterocycles. The lowest BCUT2D eigenvalue weighted by molar-refractivity contribution is -0.126. The van der Waals surface area contributed by atoms with Crippen molar-refractivity contribution in [3.8, 4) is 0 Å². The van der Waals surface area contributed by atoms with Gasteiger partial charge < -0.3 is 10.2 Å². The lowest BCUT2D eigenvalue weighted by atomic mass is 9.99. The summed E-state index contributed by atoms with van der Waals surface area (Å²) >= 11 is 0. The number of nitrogens with one attached hydrogen (secondary N) is 1. The third kappa shape index (κ3) is 4.06. The molecule has 5 heteroatoms. The van der Waals surface area contributed by atoms with Gasteiger partial charge in [-0.3, -0.25) is 14.6 Å². The molecule has 2 rings (SSSR count). The maximum absolute atomic E-state index is 12.3. The molecule has 0 unspecified atom stereocenters. The van der Waals surface area contributed by atoms with Crippen LogP contribution in [0.25, 0.3) is 0 Å². The first kappa shape index (κ1) is 16.5. The SMILES string of the molecule is CCC(CC)C(=O)NC1CCN(C(=O)c2ccccn2)CC1.